The predicted octanol–water partition coefficient (Wildman–Crippen LogP) is 5.64. The summed E-state index contributed by atoms with van der Waals surface area (Å²) in [5.41, 5.74) is 2.73. The van der Waals surface area contributed by atoms with Crippen LogP contribution in [0.3, 0.4) is 0 Å². The summed E-state index contributed by atoms with van der Waals surface area (Å²) >= 11 is 11.8. The third-order valence-electron chi connectivity index (χ3n) is 4.50. The molecule has 1 aromatic heterocycles. The Morgan fingerprint density at radius 1 is 1.08 bits per heavy atom. The van der Waals surface area contributed by atoms with Gasteiger partial charge in [0, 0.05) is 23.1 Å². The lowest BCUT2D eigenvalue weighted by Gasteiger charge is -2.10. The van der Waals surface area contributed by atoms with E-state index in [4.69, 9.17) is 32.4 Å². The Morgan fingerprint density at radius 2 is 1.92 bits per heavy atom. The highest BCUT2D eigenvalue weighted by Gasteiger charge is 2.18. The smallest absolute Gasteiger partial charge is 0.262 e. The third kappa shape index (κ3) is 3.53. The second kappa shape index (κ2) is 7.22. The summed E-state index contributed by atoms with van der Waals surface area (Å²) in [4.78, 5) is 12.1. The number of benzene rings is 2. The van der Waals surface area contributed by atoms with Crippen molar-refractivity contribution in [2.75, 3.05) is 11.9 Å². The fourth-order valence-corrected chi connectivity index (χ4v) is 3.55. The van der Waals surface area contributed by atoms with Crippen molar-refractivity contribution in [1.29, 1.82) is 0 Å². The van der Waals surface area contributed by atoms with Crippen molar-refractivity contribution in [3.8, 4) is 5.75 Å². The van der Waals surface area contributed by atoms with Crippen LogP contribution < -0.4 is 10.1 Å². The molecule has 134 valence electrons. The number of hydrogen-bond donors (Lipinski definition) is 1. The van der Waals surface area contributed by atoms with E-state index in [1.165, 1.54) is 18.4 Å². The number of fused-ring (bicyclic) bond motifs is 3. The molecule has 3 aromatic rings. The van der Waals surface area contributed by atoms with Crippen LogP contribution in [-0.4, -0.2) is 12.5 Å². The van der Waals surface area contributed by atoms with Gasteiger partial charge in [-0.15, -0.1) is 0 Å². The number of carbonyl (C=O) groups excluding carboxylic acids is 1. The number of anilines is 1. The summed E-state index contributed by atoms with van der Waals surface area (Å²) in [6.45, 7) is -0.0915. The molecule has 0 unspecified atom stereocenters. The summed E-state index contributed by atoms with van der Waals surface area (Å²) in [6.07, 6.45) is 4.37. The molecule has 1 heterocycles. The van der Waals surface area contributed by atoms with E-state index in [1.54, 1.807) is 18.2 Å². The predicted molar refractivity (Wildman–Crippen MR) is 103 cm³/mol. The number of amides is 1. The van der Waals surface area contributed by atoms with Gasteiger partial charge in [0.2, 0.25) is 0 Å². The van der Waals surface area contributed by atoms with Gasteiger partial charge >= 0.3 is 0 Å². The van der Waals surface area contributed by atoms with Crippen molar-refractivity contribution in [3.05, 3.63) is 57.8 Å². The molecule has 4 nitrogen and oxygen atoms in total. The van der Waals surface area contributed by atoms with Gasteiger partial charge in [-0.25, -0.2) is 0 Å². The van der Waals surface area contributed by atoms with Crippen LogP contribution in [0.1, 0.15) is 24.2 Å². The molecule has 0 saturated carbocycles. The van der Waals surface area contributed by atoms with Gasteiger partial charge in [-0.2, -0.15) is 0 Å². The van der Waals surface area contributed by atoms with Crippen molar-refractivity contribution in [2.24, 2.45) is 0 Å². The van der Waals surface area contributed by atoms with Crippen LogP contribution >= 0.6 is 23.2 Å². The molecule has 26 heavy (non-hydrogen) atoms. The number of hydrogen-bond acceptors (Lipinski definition) is 3. The highest BCUT2D eigenvalue weighted by atomic mass is 35.5. The molecule has 0 saturated heterocycles. The van der Waals surface area contributed by atoms with Crippen molar-refractivity contribution in [3.63, 3.8) is 0 Å². The van der Waals surface area contributed by atoms with Crippen LogP contribution in [-0.2, 0) is 17.6 Å². The molecule has 0 aliphatic heterocycles. The Bertz CT molecular complexity index is 981. The van der Waals surface area contributed by atoms with Crippen LogP contribution in [0.2, 0.25) is 10.0 Å². The Balaban J connectivity index is 1.43. The van der Waals surface area contributed by atoms with Gasteiger partial charge in [-0.1, -0.05) is 23.2 Å². The molecule has 1 amide bonds. The third-order valence-corrected chi connectivity index (χ3v) is 5.24. The minimum Gasteiger partial charge on any atom is -0.484 e. The van der Waals surface area contributed by atoms with E-state index in [9.17, 15) is 4.79 Å². The van der Waals surface area contributed by atoms with Crippen molar-refractivity contribution >= 4 is 45.8 Å². The topological polar surface area (TPSA) is 51.5 Å². The molecule has 0 spiro atoms. The van der Waals surface area contributed by atoms with Gasteiger partial charge < -0.3 is 14.5 Å². The van der Waals surface area contributed by atoms with E-state index in [-0.39, 0.29) is 12.5 Å². The monoisotopic (exact) mass is 389 g/mol. The first-order valence-corrected chi connectivity index (χ1v) is 9.28. The lowest BCUT2D eigenvalue weighted by molar-refractivity contribution is -0.118. The van der Waals surface area contributed by atoms with E-state index in [0.717, 1.165) is 29.6 Å². The molecule has 0 radical (unpaired) electrons. The second-order valence-corrected chi connectivity index (χ2v) is 7.15. The quantitative estimate of drug-likeness (QED) is 0.628. The average molecular weight is 390 g/mol. The van der Waals surface area contributed by atoms with Crippen molar-refractivity contribution in [2.45, 2.75) is 25.7 Å². The fourth-order valence-electron chi connectivity index (χ4n) is 3.25. The van der Waals surface area contributed by atoms with E-state index in [0.29, 0.717) is 21.5 Å². The Kier molecular flexibility index (Phi) is 4.79. The first-order valence-electron chi connectivity index (χ1n) is 8.52. The van der Waals surface area contributed by atoms with Crippen LogP contribution in [0.15, 0.2) is 40.8 Å². The minimum absolute atomic E-state index is 0.0915. The second-order valence-electron chi connectivity index (χ2n) is 6.33. The zero-order valence-corrected chi connectivity index (χ0v) is 15.5. The van der Waals surface area contributed by atoms with Crippen molar-refractivity contribution in [1.82, 2.24) is 0 Å². The largest absolute Gasteiger partial charge is 0.484 e. The summed E-state index contributed by atoms with van der Waals surface area (Å²) in [5, 5.41) is 4.65. The van der Waals surface area contributed by atoms with Gasteiger partial charge in [0.05, 0.1) is 10.0 Å². The molecule has 0 bridgehead atoms. The zero-order valence-electron chi connectivity index (χ0n) is 14.0. The maximum absolute atomic E-state index is 12.1. The highest BCUT2D eigenvalue weighted by molar-refractivity contribution is 6.42. The van der Waals surface area contributed by atoms with Gasteiger partial charge in [0.25, 0.3) is 5.91 Å². The van der Waals surface area contributed by atoms with Gasteiger partial charge in [-0.05, 0) is 55.7 Å². The summed E-state index contributed by atoms with van der Waals surface area (Å²) < 4.78 is 11.6. The number of ether oxygens (including phenoxy) is 1. The molecule has 0 atom stereocenters. The number of rotatable bonds is 4. The number of halogens is 2. The maximum Gasteiger partial charge on any atom is 0.262 e. The van der Waals surface area contributed by atoms with E-state index in [2.05, 4.69) is 5.32 Å². The molecule has 1 aliphatic carbocycles. The maximum atomic E-state index is 12.1. The molecular formula is C20H17Cl2NO3. The van der Waals surface area contributed by atoms with Gasteiger partial charge in [-0.3, -0.25) is 4.79 Å². The Labute approximate surface area is 161 Å². The molecule has 2 aromatic carbocycles. The van der Waals surface area contributed by atoms with Crippen LogP contribution in [0, 0.1) is 0 Å². The molecule has 4 rings (SSSR count). The molecular weight excluding hydrogens is 373 g/mol. The number of carbonyl (C=O) groups is 1. The number of furan rings is 1. The fraction of sp³-hybridized carbons (Fsp3) is 0.250. The highest BCUT2D eigenvalue weighted by Crippen LogP contribution is 2.34. The van der Waals surface area contributed by atoms with E-state index < -0.39 is 0 Å². The van der Waals surface area contributed by atoms with Crippen LogP contribution in [0.5, 0.6) is 5.75 Å². The number of nitrogens with one attached hydrogen (secondary N) is 1. The molecule has 1 aliphatic rings. The van der Waals surface area contributed by atoms with Crippen molar-refractivity contribution < 1.29 is 13.9 Å². The minimum atomic E-state index is -0.266. The summed E-state index contributed by atoms with van der Waals surface area (Å²) in [5.74, 6) is 1.47. The Morgan fingerprint density at radius 3 is 2.77 bits per heavy atom. The van der Waals surface area contributed by atoms with Gasteiger partial charge in [0.1, 0.15) is 17.1 Å². The average Bonchev–Trinajstić information content (AvgIpc) is 3.01. The Hall–Kier alpha value is -2.17. The normalized spacial score (nSPS) is 13.5. The lowest BCUT2D eigenvalue weighted by atomic mass is 9.96. The van der Waals surface area contributed by atoms with Crippen LogP contribution in [0.25, 0.3) is 11.0 Å². The van der Waals surface area contributed by atoms with Gasteiger partial charge in [0.15, 0.2) is 6.61 Å². The molecule has 0 fully saturated rings. The number of aryl methyl sites for hydroxylation is 2. The standard InChI is InChI=1S/C20H17Cl2NO3/c21-16-7-5-12(9-17(16)22)23-20(24)11-25-13-6-8-19-15(10-13)14-3-1-2-4-18(14)26-19/h5-10H,1-4,11H2,(H,23,24). The van der Waals surface area contributed by atoms with E-state index in [1.807, 2.05) is 18.2 Å². The first kappa shape index (κ1) is 17.3. The molecule has 6 heteroatoms. The summed E-state index contributed by atoms with van der Waals surface area (Å²) in [7, 11) is 0. The SMILES string of the molecule is O=C(COc1ccc2oc3c(c2c1)CCCC3)Nc1ccc(Cl)c(Cl)c1. The summed E-state index contributed by atoms with van der Waals surface area (Å²) in [6, 6.07) is 10.6. The first-order chi connectivity index (χ1) is 12.6. The van der Waals surface area contributed by atoms with Crippen LogP contribution in [0.4, 0.5) is 5.69 Å². The lowest BCUT2D eigenvalue weighted by Crippen LogP contribution is -2.20. The molecule has 1 N–H and O–H groups in total. The zero-order chi connectivity index (χ0) is 18.1. The van der Waals surface area contributed by atoms with E-state index >= 15 is 0 Å².